The molecule has 2 rings (SSSR count). The molecule has 0 bridgehead atoms. The first kappa shape index (κ1) is 20.6. The summed E-state index contributed by atoms with van der Waals surface area (Å²) < 4.78 is 4.86. The minimum atomic E-state index is -0.366. The van der Waals surface area contributed by atoms with Crippen LogP contribution in [0.2, 0.25) is 0 Å². The quantitative estimate of drug-likeness (QED) is 0.369. The molecule has 27 heavy (non-hydrogen) atoms. The van der Waals surface area contributed by atoms with Gasteiger partial charge in [0.05, 0.1) is 18.4 Å². The molecule has 144 valence electrons. The Hall–Kier alpha value is -2.69. The fourth-order valence-electron chi connectivity index (χ4n) is 2.71. The predicted octanol–water partition coefficient (Wildman–Crippen LogP) is 5.78. The van der Waals surface area contributed by atoms with Crippen molar-refractivity contribution >= 4 is 11.7 Å². The fraction of sp³-hybridized carbons (Fsp3) is 0.409. The van der Waals surface area contributed by atoms with E-state index in [1.54, 1.807) is 6.07 Å². The van der Waals surface area contributed by atoms with Crippen molar-refractivity contribution in [2.75, 3.05) is 20.2 Å². The van der Waals surface area contributed by atoms with Crippen molar-refractivity contribution in [1.29, 1.82) is 0 Å². The molecule has 2 aromatic carbocycles. The van der Waals surface area contributed by atoms with Crippen molar-refractivity contribution in [2.45, 2.75) is 40.0 Å². The second-order valence-electron chi connectivity index (χ2n) is 7.38. The number of benzene rings is 2. The molecule has 0 saturated heterocycles. The smallest absolute Gasteiger partial charge is 0.337 e. The number of hydrogen-bond donors (Lipinski definition) is 0. The molecule has 0 amide bonds. The first-order valence-electron chi connectivity index (χ1n) is 9.30. The van der Waals surface area contributed by atoms with E-state index in [2.05, 4.69) is 55.4 Å². The van der Waals surface area contributed by atoms with Crippen LogP contribution < -0.4 is 0 Å². The van der Waals surface area contributed by atoms with E-state index >= 15 is 0 Å². The fourth-order valence-corrected chi connectivity index (χ4v) is 2.71. The average molecular weight is 367 g/mol. The van der Waals surface area contributed by atoms with Crippen LogP contribution in [0.15, 0.2) is 52.8 Å². The molecule has 0 saturated carbocycles. The second-order valence-corrected chi connectivity index (χ2v) is 7.38. The summed E-state index contributed by atoms with van der Waals surface area (Å²) in [5.74, 6) is -0.366. The Bertz CT molecular complexity index is 801. The van der Waals surface area contributed by atoms with Crippen molar-refractivity contribution in [1.82, 2.24) is 5.01 Å². The van der Waals surface area contributed by atoms with Gasteiger partial charge in [0.1, 0.15) is 0 Å². The molecule has 0 aliphatic carbocycles. The van der Waals surface area contributed by atoms with Crippen LogP contribution in [0.25, 0.3) is 11.1 Å². The topological polar surface area (TPSA) is 54.3 Å². The number of methoxy groups -OCH3 is 1. The second kappa shape index (κ2) is 8.80. The molecule has 0 spiro atoms. The van der Waals surface area contributed by atoms with Gasteiger partial charge < -0.3 is 4.74 Å². The largest absolute Gasteiger partial charge is 0.465 e. The molecule has 0 aromatic heterocycles. The van der Waals surface area contributed by atoms with Crippen molar-refractivity contribution < 1.29 is 9.53 Å². The Morgan fingerprint density at radius 2 is 1.67 bits per heavy atom. The van der Waals surface area contributed by atoms with E-state index in [0.29, 0.717) is 5.56 Å². The average Bonchev–Trinajstić information content (AvgIpc) is 2.67. The molecule has 0 atom stereocenters. The number of carbonyl (C=O) groups excluding carboxylic acids is 1. The first-order valence-corrected chi connectivity index (χ1v) is 9.30. The van der Waals surface area contributed by atoms with Gasteiger partial charge in [-0.1, -0.05) is 50.3 Å². The van der Waals surface area contributed by atoms with Gasteiger partial charge in [-0.25, -0.2) is 4.79 Å². The zero-order valence-electron chi connectivity index (χ0n) is 17.1. The van der Waals surface area contributed by atoms with Gasteiger partial charge in [-0.15, -0.1) is 5.11 Å². The molecule has 0 unspecified atom stereocenters. The van der Waals surface area contributed by atoms with E-state index in [0.717, 1.165) is 29.9 Å². The Labute approximate surface area is 162 Å². The Kier molecular flexibility index (Phi) is 6.72. The minimum Gasteiger partial charge on any atom is -0.465 e. The molecule has 0 radical (unpaired) electrons. The molecule has 0 heterocycles. The zero-order valence-corrected chi connectivity index (χ0v) is 17.1. The van der Waals surface area contributed by atoms with Gasteiger partial charge in [0.15, 0.2) is 0 Å². The lowest BCUT2D eigenvalue weighted by molar-refractivity contribution is 0.0601. The van der Waals surface area contributed by atoms with Crippen molar-refractivity contribution in [3.8, 4) is 11.1 Å². The number of nitrogens with zero attached hydrogens (tertiary/aromatic N) is 3. The van der Waals surface area contributed by atoms with Crippen LogP contribution in [-0.4, -0.2) is 31.2 Å². The molecule has 2 aromatic rings. The van der Waals surface area contributed by atoms with E-state index in [1.807, 2.05) is 31.0 Å². The van der Waals surface area contributed by atoms with Gasteiger partial charge in [0.2, 0.25) is 0 Å². The Morgan fingerprint density at radius 1 is 1.04 bits per heavy atom. The number of ether oxygens (including phenoxy) is 1. The summed E-state index contributed by atoms with van der Waals surface area (Å²) in [6, 6.07) is 13.7. The van der Waals surface area contributed by atoms with Crippen molar-refractivity contribution in [3.63, 3.8) is 0 Å². The molecule has 5 nitrogen and oxygen atoms in total. The third-order valence-corrected chi connectivity index (χ3v) is 4.49. The van der Waals surface area contributed by atoms with Gasteiger partial charge in [0, 0.05) is 18.7 Å². The number of rotatable bonds is 6. The van der Waals surface area contributed by atoms with Crippen molar-refractivity contribution in [3.05, 3.63) is 53.6 Å². The van der Waals surface area contributed by atoms with E-state index in [-0.39, 0.29) is 11.4 Å². The molecular formula is C22H29N3O2. The highest BCUT2D eigenvalue weighted by atomic mass is 16.5. The van der Waals surface area contributed by atoms with E-state index in [4.69, 9.17) is 4.74 Å². The summed E-state index contributed by atoms with van der Waals surface area (Å²) in [7, 11) is 1.38. The van der Waals surface area contributed by atoms with E-state index in [9.17, 15) is 4.79 Å². The van der Waals surface area contributed by atoms with E-state index in [1.165, 1.54) is 12.7 Å². The van der Waals surface area contributed by atoms with Crippen LogP contribution in [0.4, 0.5) is 5.69 Å². The molecule has 0 aliphatic heterocycles. The minimum absolute atomic E-state index is 0.0810. The third kappa shape index (κ3) is 5.16. The van der Waals surface area contributed by atoms with E-state index < -0.39 is 0 Å². The van der Waals surface area contributed by atoms with Crippen molar-refractivity contribution in [2.24, 2.45) is 10.3 Å². The normalized spacial score (nSPS) is 11.6. The lowest BCUT2D eigenvalue weighted by atomic mass is 9.86. The number of esters is 1. The van der Waals surface area contributed by atoms with Gasteiger partial charge >= 0.3 is 5.97 Å². The maximum atomic E-state index is 12.0. The van der Waals surface area contributed by atoms with Crippen LogP contribution in [0.3, 0.4) is 0 Å². The Morgan fingerprint density at radius 3 is 2.19 bits per heavy atom. The van der Waals surface area contributed by atoms with Gasteiger partial charge in [-0.3, -0.25) is 5.01 Å². The lowest BCUT2D eigenvalue weighted by Crippen LogP contribution is -2.14. The van der Waals surface area contributed by atoms with Crippen LogP contribution in [0, 0.1) is 0 Å². The molecule has 0 N–H and O–H groups in total. The summed E-state index contributed by atoms with van der Waals surface area (Å²) in [5, 5.41) is 10.6. The maximum absolute atomic E-state index is 12.0. The summed E-state index contributed by atoms with van der Waals surface area (Å²) in [5.41, 5.74) is 4.39. The molecule has 0 fully saturated rings. The number of hydrogen-bond acceptors (Lipinski definition) is 4. The van der Waals surface area contributed by atoms with Crippen LogP contribution in [-0.2, 0) is 10.2 Å². The monoisotopic (exact) mass is 367 g/mol. The third-order valence-electron chi connectivity index (χ3n) is 4.49. The summed E-state index contributed by atoms with van der Waals surface area (Å²) in [6.07, 6.45) is 0. The van der Waals surface area contributed by atoms with Crippen LogP contribution >= 0.6 is 0 Å². The number of carbonyl (C=O) groups is 1. The maximum Gasteiger partial charge on any atom is 0.337 e. The zero-order chi connectivity index (χ0) is 20.0. The van der Waals surface area contributed by atoms with Gasteiger partial charge in [-0.05, 0) is 48.6 Å². The summed E-state index contributed by atoms with van der Waals surface area (Å²) in [6.45, 7) is 12.2. The Balaban J connectivity index is 2.51. The standard InChI is InChI=1S/C22H29N3O2/c1-7-25(8-2)24-23-20-14-11-17(21(26)27-6)15-19(20)16-9-12-18(13-10-16)22(3,4)5/h9-15H,7-8H2,1-6H3. The predicted molar refractivity (Wildman–Crippen MR) is 109 cm³/mol. The van der Waals surface area contributed by atoms with Crippen LogP contribution in [0.5, 0.6) is 0 Å². The highest BCUT2D eigenvalue weighted by Gasteiger charge is 2.15. The van der Waals surface area contributed by atoms with Crippen LogP contribution in [0.1, 0.15) is 50.5 Å². The highest BCUT2D eigenvalue weighted by Crippen LogP contribution is 2.33. The van der Waals surface area contributed by atoms with Gasteiger partial charge in [0.25, 0.3) is 0 Å². The first-order chi connectivity index (χ1) is 12.8. The molecule has 5 heteroatoms. The molecular weight excluding hydrogens is 338 g/mol. The lowest BCUT2D eigenvalue weighted by Gasteiger charge is -2.19. The summed E-state index contributed by atoms with van der Waals surface area (Å²) in [4.78, 5) is 12.0. The molecule has 0 aliphatic rings. The van der Waals surface area contributed by atoms with Gasteiger partial charge in [-0.2, -0.15) is 0 Å². The SMILES string of the molecule is CCN(CC)N=Nc1ccc(C(=O)OC)cc1-c1ccc(C(C)(C)C)cc1. The summed E-state index contributed by atoms with van der Waals surface area (Å²) >= 11 is 0. The highest BCUT2D eigenvalue weighted by molar-refractivity contribution is 5.92.